The van der Waals surface area contributed by atoms with E-state index in [1.165, 1.54) is 64.2 Å². The Morgan fingerprint density at radius 2 is 1.36 bits per heavy atom. The molecule has 2 fully saturated rings. The van der Waals surface area contributed by atoms with Crippen LogP contribution in [0, 0.1) is 23.7 Å². The van der Waals surface area contributed by atoms with E-state index in [0.29, 0.717) is 6.42 Å². The van der Waals surface area contributed by atoms with Crippen LogP contribution in [0.15, 0.2) is 0 Å². The van der Waals surface area contributed by atoms with E-state index in [9.17, 15) is 4.79 Å². The second kappa shape index (κ2) is 9.57. The van der Waals surface area contributed by atoms with Crippen molar-refractivity contribution in [3.05, 3.63) is 0 Å². The predicted molar refractivity (Wildman–Crippen MR) is 91.9 cm³/mol. The highest BCUT2D eigenvalue weighted by Crippen LogP contribution is 2.54. The molecule has 0 radical (unpaired) electrons. The van der Waals surface area contributed by atoms with Crippen LogP contribution in [0.4, 0.5) is 0 Å². The summed E-state index contributed by atoms with van der Waals surface area (Å²) in [4.78, 5) is 10.4. The van der Waals surface area contributed by atoms with Crippen molar-refractivity contribution in [1.82, 2.24) is 0 Å². The average molecular weight is 309 g/mol. The van der Waals surface area contributed by atoms with Crippen LogP contribution in [0.2, 0.25) is 0 Å². The zero-order valence-corrected chi connectivity index (χ0v) is 14.6. The smallest absolute Gasteiger partial charge is 0.303 e. The number of carboxylic acids is 1. The van der Waals surface area contributed by atoms with Crippen LogP contribution in [0.25, 0.3) is 0 Å². The van der Waals surface area contributed by atoms with Crippen LogP contribution in [0.3, 0.4) is 0 Å². The summed E-state index contributed by atoms with van der Waals surface area (Å²) >= 11 is 0. The molecule has 2 unspecified atom stereocenters. The van der Waals surface area contributed by atoms with Crippen molar-refractivity contribution in [2.45, 2.75) is 96.8 Å². The number of hydrogen-bond donors (Lipinski definition) is 1. The normalized spacial score (nSPS) is 29.5. The van der Waals surface area contributed by atoms with E-state index in [0.717, 1.165) is 36.5 Å². The maximum atomic E-state index is 10.4. The van der Waals surface area contributed by atoms with Gasteiger partial charge >= 0.3 is 5.97 Å². The third-order valence-corrected chi connectivity index (χ3v) is 5.89. The van der Waals surface area contributed by atoms with Crippen molar-refractivity contribution in [2.75, 3.05) is 0 Å². The lowest BCUT2D eigenvalue weighted by molar-refractivity contribution is -0.137. The van der Waals surface area contributed by atoms with E-state index < -0.39 is 5.97 Å². The van der Waals surface area contributed by atoms with Gasteiger partial charge in [0, 0.05) is 6.42 Å². The minimum absolute atomic E-state index is 0.353. The quantitative estimate of drug-likeness (QED) is 0.397. The van der Waals surface area contributed by atoms with Crippen LogP contribution >= 0.6 is 0 Å². The molecule has 0 aromatic carbocycles. The van der Waals surface area contributed by atoms with Gasteiger partial charge in [-0.2, -0.15) is 0 Å². The molecular formula is C20H36O2. The molecule has 2 saturated carbocycles. The third kappa shape index (κ3) is 7.15. The van der Waals surface area contributed by atoms with E-state index in [1.54, 1.807) is 6.42 Å². The van der Waals surface area contributed by atoms with Crippen LogP contribution in [0.1, 0.15) is 96.8 Å². The molecule has 0 amide bonds. The van der Waals surface area contributed by atoms with Gasteiger partial charge in [0.2, 0.25) is 0 Å². The number of rotatable bonds is 14. The molecule has 128 valence electrons. The van der Waals surface area contributed by atoms with Gasteiger partial charge in [-0.25, -0.2) is 0 Å². The summed E-state index contributed by atoms with van der Waals surface area (Å²) in [5.41, 5.74) is 0. The molecule has 2 rings (SSSR count). The van der Waals surface area contributed by atoms with Gasteiger partial charge < -0.3 is 5.11 Å². The number of aliphatic carboxylic acids is 1. The predicted octanol–water partition coefficient (Wildman–Crippen LogP) is 6.04. The van der Waals surface area contributed by atoms with Crippen molar-refractivity contribution in [3.8, 4) is 0 Å². The first kappa shape index (κ1) is 17.8. The summed E-state index contributed by atoms with van der Waals surface area (Å²) < 4.78 is 0. The average Bonchev–Trinajstić information content (AvgIpc) is 3.38. The Morgan fingerprint density at radius 3 is 1.95 bits per heavy atom. The van der Waals surface area contributed by atoms with Gasteiger partial charge in [0.25, 0.3) is 0 Å². The van der Waals surface area contributed by atoms with Gasteiger partial charge in [-0.05, 0) is 49.4 Å². The molecule has 0 aliphatic heterocycles. The van der Waals surface area contributed by atoms with Gasteiger partial charge in [0.1, 0.15) is 0 Å². The van der Waals surface area contributed by atoms with Crippen molar-refractivity contribution >= 4 is 5.97 Å². The Labute approximate surface area is 137 Å². The molecule has 0 aromatic rings. The molecule has 0 heterocycles. The molecule has 0 saturated heterocycles. The minimum atomic E-state index is -0.645. The van der Waals surface area contributed by atoms with Crippen molar-refractivity contribution in [1.29, 1.82) is 0 Å². The maximum absolute atomic E-state index is 10.4. The lowest BCUT2D eigenvalue weighted by Gasteiger charge is -2.02. The lowest BCUT2D eigenvalue weighted by Crippen LogP contribution is -1.93. The lowest BCUT2D eigenvalue weighted by atomic mass is 10.0. The summed E-state index contributed by atoms with van der Waals surface area (Å²) in [6.45, 7) is 2.30. The number of hydrogen-bond acceptors (Lipinski definition) is 1. The number of carbonyl (C=O) groups is 1. The van der Waals surface area contributed by atoms with Crippen LogP contribution in [0.5, 0.6) is 0 Å². The highest BCUT2D eigenvalue weighted by molar-refractivity contribution is 5.66. The zero-order chi connectivity index (χ0) is 15.8. The van der Waals surface area contributed by atoms with Crippen molar-refractivity contribution in [3.63, 3.8) is 0 Å². The van der Waals surface area contributed by atoms with E-state index in [2.05, 4.69) is 6.92 Å². The molecule has 0 bridgehead atoms. The van der Waals surface area contributed by atoms with Gasteiger partial charge in [0.05, 0.1) is 0 Å². The zero-order valence-electron chi connectivity index (χ0n) is 14.6. The van der Waals surface area contributed by atoms with Crippen LogP contribution in [-0.4, -0.2) is 11.1 Å². The summed E-state index contributed by atoms with van der Waals surface area (Å²) in [6, 6.07) is 0. The standard InChI is InChI=1S/C20H36O2/c1-2-3-7-10-16-13-18(16)15-19-14-17(19)11-8-5-4-6-9-12-20(21)22/h16-19H,2-15H2,1H3,(H,21,22)/t16?,17-,18-,19?/m0/s1. The SMILES string of the molecule is CCCCCC1C[C@H]1CC1C[C@@H]1CCCCCCCC(=O)O. The van der Waals surface area contributed by atoms with Gasteiger partial charge in [0.15, 0.2) is 0 Å². The minimum Gasteiger partial charge on any atom is -0.481 e. The second-order valence-corrected chi connectivity index (χ2v) is 7.94. The second-order valence-electron chi connectivity index (χ2n) is 7.94. The largest absolute Gasteiger partial charge is 0.481 e. The van der Waals surface area contributed by atoms with Crippen molar-refractivity contribution < 1.29 is 9.90 Å². The fourth-order valence-electron chi connectivity index (χ4n) is 4.16. The first-order valence-electron chi connectivity index (χ1n) is 9.92. The Bertz CT molecular complexity index is 326. The Kier molecular flexibility index (Phi) is 7.75. The third-order valence-electron chi connectivity index (χ3n) is 5.89. The topological polar surface area (TPSA) is 37.3 Å². The summed E-state index contributed by atoms with van der Waals surface area (Å²) in [6.07, 6.45) is 18.0. The molecule has 2 nitrogen and oxygen atoms in total. The molecule has 0 spiro atoms. The maximum Gasteiger partial charge on any atom is 0.303 e. The summed E-state index contributed by atoms with van der Waals surface area (Å²) in [5, 5.41) is 8.58. The van der Waals surface area contributed by atoms with Crippen LogP contribution in [-0.2, 0) is 4.79 Å². The fraction of sp³-hybridized carbons (Fsp3) is 0.950. The van der Waals surface area contributed by atoms with Crippen LogP contribution < -0.4 is 0 Å². The van der Waals surface area contributed by atoms with Gasteiger partial charge in [-0.3, -0.25) is 4.79 Å². The van der Waals surface area contributed by atoms with Gasteiger partial charge in [-0.15, -0.1) is 0 Å². The Hall–Kier alpha value is -0.530. The van der Waals surface area contributed by atoms with Crippen molar-refractivity contribution in [2.24, 2.45) is 23.7 Å². The highest BCUT2D eigenvalue weighted by atomic mass is 16.4. The molecule has 0 aromatic heterocycles. The Balaban J connectivity index is 1.36. The Morgan fingerprint density at radius 1 is 0.818 bits per heavy atom. The van der Waals surface area contributed by atoms with E-state index in [1.807, 2.05) is 0 Å². The number of unbranched alkanes of at least 4 members (excludes halogenated alkanes) is 6. The molecular weight excluding hydrogens is 272 g/mol. The highest BCUT2D eigenvalue weighted by Gasteiger charge is 2.44. The van der Waals surface area contributed by atoms with Gasteiger partial charge in [-0.1, -0.05) is 64.7 Å². The molecule has 2 aliphatic rings. The van der Waals surface area contributed by atoms with E-state index in [-0.39, 0.29) is 0 Å². The molecule has 1 N–H and O–H groups in total. The van der Waals surface area contributed by atoms with E-state index in [4.69, 9.17) is 5.11 Å². The first-order chi connectivity index (χ1) is 10.7. The number of carboxylic acid groups (broad SMARTS) is 1. The summed E-state index contributed by atoms with van der Waals surface area (Å²) in [7, 11) is 0. The first-order valence-corrected chi connectivity index (χ1v) is 9.92. The molecule has 22 heavy (non-hydrogen) atoms. The van der Waals surface area contributed by atoms with E-state index >= 15 is 0 Å². The molecule has 2 aliphatic carbocycles. The summed E-state index contributed by atoms with van der Waals surface area (Å²) in [5.74, 6) is 3.68. The monoisotopic (exact) mass is 308 g/mol. The fourth-order valence-corrected chi connectivity index (χ4v) is 4.16. The molecule has 4 atom stereocenters. The molecule has 2 heteroatoms.